The number of hydrogen-bond donors (Lipinski definition) is 2. The molecule has 0 bridgehead atoms. The number of aromatic nitrogens is 1. The van der Waals surface area contributed by atoms with Crippen LogP contribution in [0, 0.1) is 18.3 Å². The van der Waals surface area contributed by atoms with E-state index in [2.05, 4.69) is 21.7 Å². The van der Waals surface area contributed by atoms with Crippen LogP contribution < -0.4 is 10.6 Å². The lowest BCUT2D eigenvalue weighted by molar-refractivity contribution is -0.138. The standard InChI is InChI=1S/C23H25N5O2S/c1-5-30-22(29)19-15(3)27-23(28-20(19)16-9-7-6-8-10-16)31-21-18(12-24)17(13-25-4)11-14(2)26-21/h6-11,20,25H,5,13H2,1-4H3,(H,27,28)/t20-/m0/s1. The summed E-state index contributed by atoms with van der Waals surface area (Å²) in [5.74, 6) is -0.392. The molecule has 1 atom stereocenters. The van der Waals surface area contributed by atoms with Gasteiger partial charge in [0, 0.05) is 17.9 Å². The number of pyridine rings is 1. The molecule has 160 valence electrons. The molecule has 1 aliphatic rings. The first-order valence-electron chi connectivity index (χ1n) is 9.99. The van der Waals surface area contributed by atoms with E-state index >= 15 is 0 Å². The molecule has 0 radical (unpaired) electrons. The summed E-state index contributed by atoms with van der Waals surface area (Å²) in [4.78, 5) is 22.0. The van der Waals surface area contributed by atoms with E-state index in [0.29, 0.717) is 33.6 Å². The molecule has 0 aliphatic carbocycles. The average Bonchev–Trinajstić information content (AvgIpc) is 2.74. The Balaban J connectivity index is 2.02. The summed E-state index contributed by atoms with van der Waals surface area (Å²) >= 11 is 1.29. The lowest BCUT2D eigenvalue weighted by Crippen LogP contribution is -2.30. The summed E-state index contributed by atoms with van der Waals surface area (Å²) in [5.41, 5.74) is 4.26. The molecule has 1 aliphatic heterocycles. The van der Waals surface area contributed by atoms with Gasteiger partial charge in [-0.1, -0.05) is 30.3 Å². The minimum absolute atomic E-state index is 0.287. The number of hydrogen-bond acceptors (Lipinski definition) is 8. The Morgan fingerprint density at radius 2 is 2.06 bits per heavy atom. The van der Waals surface area contributed by atoms with Crippen LogP contribution in [0.2, 0.25) is 0 Å². The molecule has 2 heterocycles. The van der Waals surface area contributed by atoms with Crippen molar-refractivity contribution in [3.63, 3.8) is 0 Å². The van der Waals surface area contributed by atoms with Gasteiger partial charge >= 0.3 is 5.97 Å². The van der Waals surface area contributed by atoms with Gasteiger partial charge in [-0.15, -0.1) is 0 Å². The predicted octanol–water partition coefficient (Wildman–Crippen LogP) is 3.61. The van der Waals surface area contributed by atoms with E-state index in [1.807, 2.05) is 57.3 Å². The molecule has 7 nitrogen and oxygen atoms in total. The second kappa shape index (κ2) is 10.2. The highest BCUT2D eigenvalue weighted by molar-refractivity contribution is 8.13. The Labute approximate surface area is 186 Å². The number of allylic oxidation sites excluding steroid dienone is 1. The number of rotatable bonds is 6. The number of ether oxygens (including phenoxy) is 1. The van der Waals surface area contributed by atoms with Crippen LogP contribution in [0.4, 0.5) is 0 Å². The van der Waals surface area contributed by atoms with Crippen molar-refractivity contribution in [3.05, 3.63) is 70.1 Å². The highest BCUT2D eigenvalue weighted by Gasteiger charge is 2.31. The largest absolute Gasteiger partial charge is 0.463 e. The zero-order valence-electron chi connectivity index (χ0n) is 18.0. The van der Waals surface area contributed by atoms with Gasteiger partial charge < -0.3 is 15.4 Å². The number of esters is 1. The predicted molar refractivity (Wildman–Crippen MR) is 121 cm³/mol. The topological polar surface area (TPSA) is 99.4 Å². The van der Waals surface area contributed by atoms with Gasteiger partial charge in [-0.2, -0.15) is 5.26 Å². The van der Waals surface area contributed by atoms with Crippen LogP contribution in [0.25, 0.3) is 0 Å². The number of amidine groups is 1. The Morgan fingerprint density at radius 1 is 1.32 bits per heavy atom. The summed E-state index contributed by atoms with van der Waals surface area (Å²) in [5, 5.41) is 17.2. The van der Waals surface area contributed by atoms with E-state index in [4.69, 9.17) is 9.73 Å². The molecule has 1 aromatic carbocycles. The highest BCUT2D eigenvalue weighted by atomic mass is 32.2. The molecule has 2 aromatic rings. The average molecular weight is 436 g/mol. The van der Waals surface area contributed by atoms with Crippen LogP contribution in [0.1, 0.15) is 42.3 Å². The number of nitriles is 1. The number of aryl methyl sites for hydroxylation is 1. The van der Waals surface area contributed by atoms with Crippen LogP contribution in [0.15, 0.2) is 57.7 Å². The molecule has 0 saturated heterocycles. The third-order valence-corrected chi connectivity index (χ3v) is 5.59. The van der Waals surface area contributed by atoms with Gasteiger partial charge in [0.1, 0.15) is 17.1 Å². The second-order valence-electron chi connectivity index (χ2n) is 6.98. The zero-order chi connectivity index (χ0) is 22.4. The maximum absolute atomic E-state index is 12.7. The first kappa shape index (κ1) is 22.5. The molecule has 31 heavy (non-hydrogen) atoms. The highest BCUT2D eigenvalue weighted by Crippen LogP contribution is 2.35. The molecule has 1 aromatic heterocycles. The van der Waals surface area contributed by atoms with E-state index in [-0.39, 0.29) is 6.61 Å². The Bertz CT molecular complexity index is 1070. The number of nitrogens with one attached hydrogen (secondary N) is 2. The van der Waals surface area contributed by atoms with E-state index in [1.165, 1.54) is 11.8 Å². The molecular formula is C23H25N5O2S. The Morgan fingerprint density at radius 3 is 2.71 bits per heavy atom. The van der Waals surface area contributed by atoms with E-state index in [9.17, 15) is 10.1 Å². The van der Waals surface area contributed by atoms with Crippen LogP contribution in [-0.4, -0.2) is 29.8 Å². The first-order chi connectivity index (χ1) is 15.0. The van der Waals surface area contributed by atoms with Crippen molar-refractivity contribution in [2.24, 2.45) is 4.99 Å². The van der Waals surface area contributed by atoms with Gasteiger partial charge in [0.2, 0.25) is 0 Å². The molecule has 2 N–H and O–H groups in total. The van der Waals surface area contributed by atoms with Crippen LogP contribution >= 0.6 is 11.8 Å². The van der Waals surface area contributed by atoms with Gasteiger partial charge in [0.25, 0.3) is 0 Å². The third-order valence-electron chi connectivity index (χ3n) is 4.70. The Kier molecular flexibility index (Phi) is 7.45. The number of nitrogens with zero attached hydrogens (tertiary/aromatic N) is 3. The fraction of sp³-hybridized carbons (Fsp3) is 0.304. The van der Waals surface area contributed by atoms with Crippen molar-refractivity contribution in [3.8, 4) is 6.07 Å². The fourth-order valence-corrected chi connectivity index (χ4v) is 4.39. The minimum atomic E-state index is -0.504. The number of carbonyl (C=O) groups excluding carboxylic acids is 1. The molecule has 0 unspecified atom stereocenters. The molecule has 0 fully saturated rings. The van der Waals surface area contributed by atoms with Gasteiger partial charge in [0.05, 0.1) is 17.7 Å². The summed E-state index contributed by atoms with van der Waals surface area (Å²) in [6.45, 7) is 6.37. The Hall–Kier alpha value is -3.15. The summed E-state index contributed by atoms with van der Waals surface area (Å²) < 4.78 is 5.28. The normalized spacial score (nSPS) is 15.7. The van der Waals surface area contributed by atoms with Gasteiger partial charge in [-0.25, -0.2) is 14.8 Å². The molecule has 3 rings (SSSR count). The smallest absolute Gasteiger partial charge is 0.338 e. The lowest BCUT2D eigenvalue weighted by Gasteiger charge is -2.26. The van der Waals surface area contributed by atoms with Gasteiger partial charge in [-0.05, 0) is 56.8 Å². The number of thioether (sulfide) groups is 1. The van der Waals surface area contributed by atoms with E-state index in [0.717, 1.165) is 16.8 Å². The minimum Gasteiger partial charge on any atom is -0.463 e. The van der Waals surface area contributed by atoms with Gasteiger partial charge in [-0.3, -0.25) is 0 Å². The number of aliphatic imine (C=N–C) groups is 1. The van der Waals surface area contributed by atoms with Crippen LogP contribution in [0.3, 0.4) is 0 Å². The van der Waals surface area contributed by atoms with Crippen molar-refractivity contribution in [1.82, 2.24) is 15.6 Å². The lowest BCUT2D eigenvalue weighted by atomic mass is 9.97. The van der Waals surface area contributed by atoms with Gasteiger partial charge in [0.15, 0.2) is 5.17 Å². The summed E-state index contributed by atoms with van der Waals surface area (Å²) in [6, 6.07) is 13.3. The summed E-state index contributed by atoms with van der Waals surface area (Å²) in [6.07, 6.45) is 0. The maximum Gasteiger partial charge on any atom is 0.338 e. The molecule has 0 saturated carbocycles. The van der Waals surface area contributed by atoms with E-state index in [1.54, 1.807) is 6.92 Å². The first-order valence-corrected chi connectivity index (χ1v) is 10.8. The van der Waals surface area contributed by atoms with Crippen molar-refractivity contribution < 1.29 is 9.53 Å². The molecule has 0 amide bonds. The van der Waals surface area contributed by atoms with Crippen molar-refractivity contribution >= 4 is 22.9 Å². The van der Waals surface area contributed by atoms with Crippen molar-refractivity contribution in [1.29, 1.82) is 5.26 Å². The maximum atomic E-state index is 12.7. The third kappa shape index (κ3) is 5.13. The monoisotopic (exact) mass is 435 g/mol. The molecule has 8 heteroatoms. The van der Waals surface area contributed by atoms with Crippen LogP contribution in [0.5, 0.6) is 0 Å². The zero-order valence-corrected chi connectivity index (χ0v) is 18.8. The number of carbonyl (C=O) groups is 1. The molecular weight excluding hydrogens is 410 g/mol. The second-order valence-corrected chi connectivity index (χ2v) is 7.96. The van der Waals surface area contributed by atoms with Crippen molar-refractivity contribution in [2.75, 3.05) is 13.7 Å². The van der Waals surface area contributed by atoms with Crippen LogP contribution in [-0.2, 0) is 16.1 Å². The fourth-order valence-electron chi connectivity index (χ4n) is 3.37. The summed E-state index contributed by atoms with van der Waals surface area (Å²) in [7, 11) is 1.84. The number of benzene rings is 1. The SMILES string of the molecule is CCOC(=O)C1=C(C)NC(Sc2nc(C)cc(CNC)c2C#N)=N[C@H]1c1ccccc1. The molecule has 0 spiro atoms. The quantitative estimate of drug-likeness (QED) is 0.669. The van der Waals surface area contributed by atoms with Crippen molar-refractivity contribution in [2.45, 2.75) is 38.4 Å². The van der Waals surface area contributed by atoms with E-state index < -0.39 is 12.0 Å².